The van der Waals surface area contributed by atoms with Gasteiger partial charge >= 0.3 is 0 Å². The molecule has 1 N–H and O–H groups in total. The quantitative estimate of drug-likeness (QED) is 0.841. The van der Waals surface area contributed by atoms with Crippen molar-refractivity contribution in [2.24, 2.45) is 5.92 Å². The van der Waals surface area contributed by atoms with E-state index >= 15 is 0 Å². The Kier molecular flexibility index (Phi) is 3.56. The number of nitrogens with zero attached hydrogens (tertiary/aromatic N) is 1. The van der Waals surface area contributed by atoms with Crippen molar-refractivity contribution in [3.8, 4) is 0 Å². The van der Waals surface area contributed by atoms with Crippen LogP contribution in [0.5, 0.6) is 0 Å². The summed E-state index contributed by atoms with van der Waals surface area (Å²) < 4.78 is 0. The lowest BCUT2D eigenvalue weighted by molar-refractivity contribution is -0.0262. The number of rotatable bonds is 1. The Morgan fingerprint density at radius 3 is 2.63 bits per heavy atom. The van der Waals surface area contributed by atoms with Crippen LogP contribution < -0.4 is 0 Å². The van der Waals surface area contributed by atoms with Gasteiger partial charge in [-0.25, -0.2) is 0 Å². The van der Waals surface area contributed by atoms with Crippen LogP contribution in [0, 0.1) is 5.92 Å². The molecule has 1 amide bonds. The van der Waals surface area contributed by atoms with Crippen LogP contribution in [-0.4, -0.2) is 34.6 Å². The second kappa shape index (κ2) is 5.33. The molecule has 1 saturated carbocycles. The van der Waals surface area contributed by atoms with Crippen molar-refractivity contribution in [2.45, 2.75) is 44.2 Å². The van der Waals surface area contributed by atoms with E-state index in [-0.39, 0.29) is 24.0 Å². The first-order chi connectivity index (χ1) is 9.27. The standard InChI is InChI=1S/C16H21NO2/c18-15-10-11-17(14-9-5-4-8-13(14)15)16(19)12-6-2-1-3-7-12/h1-3,6-7,13-15,18H,4-5,8-11H2/t13-,14+,15+/m1/s1. The Balaban J connectivity index is 1.82. The van der Waals surface area contributed by atoms with Crippen LogP contribution in [0.4, 0.5) is 0 Å². The topological polar surface area (TPSA) is 40.5 Å². The molecule has 0 aromatic heterocycles. The molecule has 1 heterocycles. The number of amides is 1. The highest BCUT2D eigenvalue weighted by Crippen LogP contribution is 2.36. The summed E-state index contributed by atoms with van der Waals surface area (Å²) in [5, 5.41) is 10.1. The third-order valence-electron chi connectivity index (χ3n) is 4.62. The largest absolute Gasteiger partial charge is 0.393 e. The summed E-state index contributed by atoms with van der Waals surface area (Å²) in [7, 11) is 0. The van der Waals surface area contributed by atoms with Crippen LogP contribution in [0.3, 0.4) is 0 Å². The number of fused-ring (bicyclic) bond motifs is 1. The number of aliphatic hydroxyl groups excluding tert-OH is 1. The second-order valence-corrected chi connectivity index (χ2v) is 5.74. The summed E-state index contributed by atoms with van der Waals surface area (Å²) in [5.74, 6) is 0.416. The number of carbonyl (C=O) groups is 1. The number of carbonyl (C=O) groups excluding carboxylic acids is 1. The number of aliphatic hydroxyl groups is 1. The monoisotopic (exact) mass is 259 g/mol. The van der Waals surface area contributed by atoms with Gasteiger partial charge in [0.25, 0.3) is 5.91 Å². The second-order valence-electron chi connectivity index (χ2n) is 5.74. The minimum atomic E-state index is -0.217. The molecule has 0 spiro atoms. The van der Waals surface area contributed by atoms with Gasteiger partial charge in [-0.2, -0.15) is 0 Å². The predicted octanol–water partition coefficient (Wildman–Crippen LogP) is 2.45. The summed E-state index contributed by atoms with van der Waals surface area (Å²) >= 11 is 0. The van der Waals surface area contributed by atoms with E-state index in [2.05, 4.69) is 0 Å². The van der Waals surface area contributed by atoms with Crippen molar-refractivity contribution in [3.63, 3.8) is 0 Å². The average molecular weight is 259 g/mol. The van der Waals surface area contributed by atoms with Gasteiger partial charge in [-0.05, 0) is 31.4 Å². The molecule has 0 radical (unpaired) electrons. The molecule has 1 aliphatic carbocycles. The SMILES string of the molecule is O=C(c1ccccc1)N1CC[C@H](O)[C@@H]2CCCC[C@@H]21. The van der Waals surface area contributed by atoms with Gasteiger partial charge in [0.05, 0.1) is 6.10 Å². The van der Waals surface area contributed by atoms with E-state index in [9.17, 15) is 9.90 Å². The molecule has 3 nitrogen and oxygen atoms in total. The summed E-state index contributed by atoms with van der Waals surface area (Å²) in [4.78, 5) is 14.6. The van der Waals surface area contributed by atoms with E-state index < -0.39 is 0 Å². The highest BCUT2D eigenvalue weighted by Gasteiger charge is 2.40. The van der Waals surface area contributed by atoms with Gasteiger partial charge in [0, 0.05) is 24.1 Å². The molecule has 1 saturated heterocycles. The Morgan fingerprint density at radius 2 is 1.84 bits per heavy atom. The number of benzene rings is 1. The maximum atomic E-state index is 12.6. The summed E-state index contributed by atoms with van der Waals surface area (Å²) in [6.45, 7) is 0.691. The Hall–Kier alpha value is -1.35. The smallest absolute Gasteiger partial charge is 0.254 e. The van der Waals surface area contributed by atoms with Crippen LogP contribution in [-0.2, 0) is 0 Å². The molecule has 1 aliphatic heterocycles. The molecule has 19 heavy (non-hydrogen) atoms. The van der Waals surface area contributed by atoms with Crippen LogP contribution in [0.25, 0.3) is 0 Å². The Bertz CT molecular complexity index is 445. The average Bonchev–Trinajstić information content (AvgIpc) is 2.48. The molecule has 1 aromatic carbocycles. The fourth-order valence-electron chi connectivity index (χ4n) is 3.63. The summed E-state index contributed by atoms with van der Waals surface area (Å²) in [6.07, 6.45) is 4.97. The Morgan fingerprint density at radius 1 is 1.11 bits per heavy atom. The summed E-state index contributed by atoms with van der Waals surface area (Å²) in [6, 6.07) is 9.75. The zero-order valence-corrected chi connectivity index (χ0v) is 11.2. The first-order valence-electron chi connectivity index (χ1n) is 7.31. The van der Waals surface area contributed by atoms with E-state index in [4.69, 9.17) is 0 Å². The van der Waals surface area contributed by atoms with Gasteiger partial charge in [-0.3, -0.25) is 4.79 Å². The molecule has 2 fully saturated rings. The van der Waals surface area contributed by atoms with Gasteiger partial charge in [0.15, 0.2) is 0 Å². The minimum Gasteiger partial charge on any atom is -0.393 e. The third-order valence-corrected chi connectivity index (χ3v) is 4.62. The van der Waals surface area contributed by atoms with Crippen molar-refractivity contribution >= 4 is 5.91 Å². The van der Waals surface area contributed by atoms with Crippen molar-refractivity contribution in [1.29, 1.82) is 0 Å². The van der Waals surface area contributed by atoms with Crippen LogP contribution in [0.1, 0.15) is 42.5 Å². The number of likely N-dealkylation sites (tertiary alicyclic amines) is 1. The minimum absolute atomic E-state index is 0.129. The maximum absolute atomic E-state index is 12.6. The van der Waals surface area contributed by atoms with Gasteiger partial charge in [0.1, 0.15) is 0 Å². The molecule has 1 aromatic rings. The number of hydrogen-bond acceptors (Lipinski definition) is 2. The lowest BCUT2D eigenvalue weighted by atomic mass is 9.76. The van der Waals surface area contributed by atoms with Crippen LogP contribution in [0.2, 0.25) is 0 Å². The highest BCUT2D eigenvalue weighted by atomic mass is 16.3. The van der Waals surface area contributed by atoms with Crippen molar-refractivity contribution in [3.05, 3.63) is 35.9 Å². The maximum Gasteiger partial charge on any atom is 0.254 e. The lowest BCUT2D eigenvalue weighted by Crippen LogP contribution is -2.54. The van der Waals surface area contributed by atoms with E-state index in [1.165, 1.54) is 12.8 Å². The molecule has 3 atom stereocenters. The lowest BCUT2D eigenvalue weighted by Gasteiger charge is -2.46. The van der Waals surface area contributed by atoms with E-state index in [0.717, 1.165) is 24.8 Å². The Labute approximate surface area is 114 Å². The van der Waals surface area contributed by atoms with Gasteiger partial charge in [0.2, 0.25) is 0 Å². The van der Waals surface area contributed by atoms with Gasteiger partial charge in [-0.1, -0.05) is 31.0 Å². The van der Waals surface area contributed by atoms with Gasteiger partial charge in [-0.15, -0.1) is 0 Å². The van der Waals surface area contributed by atoms with E-state index in [1.54, 1.807) is 0 Å². The predicted molar refractivity (Wildman–Crippen MR) is 73.8 cm³/mol. The summed E-state index contributed by atoms with van der Waals surface area (Å²) in [5.41, 5.74) is 0.767. The molecule has 2 aliphatic rings. The zero-order chi connectivity index (χ0) is 13.2. The van der Waals surface area contributed by atoms with Crippen molar-refractivity contribution < 1.29 is 9.90 Å². The first kappa shape index (κ1) is 12.7. The third kappa shape index (κ3) is 2.39. The number of piperidine rings is 1. The highest BCUT2D eigenvalue weighted by molar-refractivity contribution is 5.94. The fourth-order valence-corrected chi connectivity index (χ4v) is 3.63. The van der Waals surface area contributed by atoms with Gasteiger partial charge < -0.3 is 10.0 Å². The zero-order valence-electron chi connectivity index (χ0n) is 11.2. The first-order valence-corrected chi connectivity index (χ1v) is 7.31. The molecule has 0 unspecified atom stereocenters. The van der Waals surface area contributed by atoms with Crippen LogP contribution in [0.15, 0.2) is 30.3 Å². The normalized spacial score (nSPS) is 30.8. The van der Waals surface area contributed by atoms with Crippen LogP contribution >= 0.6 is 0 Å². The molecule has 0 bridgehead atoms. The molecule has 102 valence electrons. The van der Waals surface area contributed by atoms with E-state index in [1.807, 2.05) is 35.2 Å². The van der Waals surface area contributed by atoms with Crippen molar-refractivity contribution in [2.75, 3.05) is 6.54 Å². The molecule has 3 heteroatoms. The van der Waals surface area contributed by atoms with E-state index in [0.29, 0.717) is 6.54 Å². The molecule has 3 rings (SSSR count). The molecular formula is C16H21NO2. The van der Waals surface area contributed by atoms with Crippen molar-refractivity contribution in [1.82, 2.24) is 4.90 Å². The molecular weight excluding hydrogens is 238 g/mol. The number of hydrogen-bond donors (Lipinski definition) is 1. The fraction of sp³-hybridized carbons (Fsp3) is 0.562.